The van der Waals surface area contributed by atoms with E-state index in [2.05, 4.69) is 5.10 Å². The van der Waals surface area contributed by atoms with E-state index in [1.807, 2.05) is 30.3 Å². The number of hydrazone groups is 1. The summed E-state index contributed by atoms with van der Waals surface area (Å²) in [5, 5.41) is 14.8. The molecular weight excluding hydrogens is 321 g/mol. The average Bonchev–Trinajstić information content (AvgIpc) is 2.85. The molecule has 0 fully saturated rings. The van der Waals surface area contributed by atoms with Crippen LogP contribution in [0.25, 0.3) is 0 Å². The van der Waals surface area contributed by atoms with Crippen LogP contribution in [0.5, 0.6) is 0 Å². The summed E-state index contributed by atoms with van der Waals surface area (Å²) in [6.07, 6.45) is -5.06. The molecule has 24 heavy (non-hydrogen) atoms. The van der Waals surface area contributed by atoms with Crippen LogP contribution >= 0.6 is 0 Å². The van der Waals surface area contributed by atoms with E-state index in [1.165, 1.54) is 0 Å². The summed E-state index contributed by atoms with van der Waals surface area (Å²) in [6.45, 7) is 4.75. The van der Waals surface area contributed by atoms with Crippen molar-refractivity contribution < 1.29 is 23.1 Å². The Hall–Kier alpha value is -1.89. The second-order valence-electron chi connectivity index (χ2n) is 6.98. The zero-order chi connectivity index (χ0) is 18.2. The van der Waals surface area contributed by atoms with Gasteiger partial charge in [0.15, 0.2) is 5.72 Å². The zero-order valence-corrected chi connectivity index (χ0v) is 13.9. The number of hydrogen-bond donors (Lipinski definition) is 1. The molecule has 0 saturated heterocycles. The molecule has 1 aliphatic rings. The third-order valence-corrected chi connectivity index (χ3v) is 4.22. The van der Waals surface area contributed by atoms with Crippen LogP contribution in [-0.4, -0.2) is 33.6 Å². The van der Waals surface area contributed by atoms with Crippen LogP contribution in [0, 0.1) is 5.41 Å². The summed E-state index contributed by atoms with van der Waals surface area (Å²) in [5.74, 6) is -0.629. The molecular formula is C17H21F3N2O2. The number of benzene rings is 1. The van der Waals surface area contributed by atoms with Gasteiger partial charge < -0.3 is 5.11 Å². The predicted octanol–water partition coefficient (Wildman–Crippen LogP) is 3.50. The minimum atomic E-state index is -4.67. The molecule has 132 valence electrons. The first-order valence-electron chi connectivity index (χ1n) is 7.69. The third kappa shape index (κ3) is 3.61. The number of aryl methyl sites for hydroxylation is 1. The predicted molar refractivity (Wildman–Crippen MR) is 84.1 cm³/mol. The maximum Gasteiger partial charge on any atom is 0.431 e. The van der Waals surface area contributed by atoms with Crippen molar-refractivity contribution >= 4 is 11.6 Å². The molecule has 1 N–H and O–H groups in total. The number of aliphatic hydroxyl groups is 1. The summed E-state index contributed by atoms with van der Waals surface area (Å²) < 4.78 is 39.0. The van der Waals surface area contributed by atoms with Crippen LogP contribution in [0.3, 0.4) is 0 Å². The Morgan fingerprint density at radius 1 is 1.25 bits per heavy atom. The average molecular weight is 342 g/mol. The van der Waals surface area contributed by atoms with Gasteiger partial charge in [-0.1, -0.05) is 51.1 Å². The fourth-order valence-corrected chi connectivity index (χ4v) is 2.55. The van der Waals surface area contributed by atoms with Crippen molar-refractivity contribution in [3.8, 4) is 0 Å². The highest BCUT2D eigenvalue weighted by molar-refractivity contribution is 5.94. The Morgan fingerprint density at radius 2 is 1.83 bits per heavy atom. The molecule has 0 aliphatic carbocycles. The Kier molecular flexibility index (Phi) is 4.77. The fourth-order valence-electron chi connectivity index (χ4n) is 2.55. The van der Waals surface area contributed by atoms with Gasteiger partial charge in [0, 0.05) is 18.3 Å². The lowest BCUT2D eigenvalue weighted by molar-refractivity contribution is -0.182. The van der Waals surface area contributed by atoms with E-state index in [0.717, 1.165) is 5.56 Å². The molecule has 0 spiro atoms. The minimum absolute atomic E-state index is 0.0307. The second-order valence-corrected chi connectivity index (χ2v) is 6.98. The van der Waals surface area contributed by atoms with Crippen molar-refractivity contribution in [2.45, 2.75) is 51.9 Å². The first kappa shape index (κ1) is 18.4. The highest BCUT2D eigenvalue weighted by Crippen LogP contribution is 2.43. The van der Waals surface area contributed by atoms with E-state index in [-0.39, 0.29) is 6.42 Å². The lowest BCUT2D eigenvalue weighted by atomic mass is 9.80. The largest absolute Gasteiger partial charge is 0.431 e. The summed E-state index contributed by atoms with van der Waals surface area (Å²) in [6, 6.07) is 9.14. The number of hydrogen-bond acceptors (Lipinski definition) is 3. The van der Waals surface area contributed by atoms with Crippen molar-refractivity contribution in [1.29, 1.82) is 0 Å². The van der Waals surface area contributed by atoms with E-state index in [1.54, 1.807) is 20.8 Å². The van der Waals surface area contributed by atoms with Gasteiger partial charge in [-0.25, -0.2) is 5.01 Å². The molecule has 1 aromatic carbocycles. The van der Waals surface area contributed by atoms with Gasteiger partial charge in [0.2, 0.25) is 5.91 Å². The highest BCUT2D eigenvalue weighted by Gasteiger charge is 2.57. The van der Waals surface area contributed by atoms with Crippen molar-refractivity contribution in [2.75, 3.05) is 0 Å². The number of carbonyl (C=O) groups is 1. The van der Waals surface area contributed by atoms with Gasteiger partial charge in [-0.05, 0) is 12.0 Å². The molecule has 0 radical (unpaired) electrons. The first-order valence-corrected chi connectivity index (χ1v) is 7.69. The molecule has 1 amide bonds. The molecule has 0 unspecified atom stereocenters. The van der Waals surface area contributed by atoms with Gasteiger partial charge in [0.25, 0.3) is 0 Å². The summed E-state index contributed by atoms with van der Waals surface area (Å²) in [5.41, 5.74) is -3.21. The number of carbonyl (C=O) groups excluding carboxylic acids is 1. The van der Waals surface area contributed by atoms with Crippen molar-refractivity contribution in [2.24, 2.45) is 10.5 Å². The second kappa shape index (κ2) is 6.20. The van der Waals surface area contributed by atoms with Crippen molar-refractivity contribution in [3.05, 3.63) is 35.9 Å². The lowest BCUT2D eigenvalue weighted by Crippen LogP contribution is -2.55. The number of halogens is 3. The van der Waals surface area contributed by atoms with Crippen LogP contribution in [0.15, 0.2) is 35.4 Å². The minimum Gasteiger partial charge on any atom is -0.368 e. The Balaban J connectivity index is 2.22. The molecule has 1 aromatic rings. The maximum absolute atomic E-state index is 13.0. The number of rotatable bonds is 3. The van der Waals surface area contributed by atoms with Gasteiger partial charge >= 0.3 is 6.18 Å². The van der Waals surface area contributed by atoms with Gasteiger partial charge in [-0.3, -0.25) is 4.79 Å². The van der Waals surface area contributed by atoms with Crippen LogP contribution in [0.2, 0.25) is 0 Å². The van der Waals surface area contributed by atoms with Crippen LogP contribution in [0.1, 0.15) is 39.2 Å². The molecule has 0 bridgehead atoms. The third-order valence-electron chi connectivity index (χ3n) is 4.22. The van der Waals surface area contributed by atoms with Gasteiger partial charge in [-0.15, -0.1) is 0 Å². The Morgan fingerprint density at radius 3 is 2.33 bits per heavy atom. The number of nitrogens with zero attached hydrogens (tertiary/aromatic N) is 2. The van der Waals surface area contributed by atoms with E-state index < -0.39 is 35.4 Å². The molecule has 1 atom stereocenters. The van der Waals surface area contributed by atoms with Crippen LogP contribution < -0.4 is 0 Å². The molecule has 0 saturated carbocycles. The van der Waals surface area contributed by atoms with E-state index in [0.29, 0.717) is 11.4 Å². The Labute approximate surface area is 139 Å². The number of alkyl halides is 3. The Bertz CT molecular complexity index is 635. The van der Waals surface area contributed by atoms with E-state index >= 15 is 0 Å². The monoisotopic (exact) mass is 342 g/mol. The smallest absolute Gasteiger partial charge is 0.368 e. The zero-order valence-electron chi connectivity index (χ0n) is 13.9. The maximum atomic E-state index is 13.0. The van der Waals surface area contributed by atoms with E-state index in [4.69, 9.17) is 0 Å². The van der Waals surface area contributed by atoms with Crippen molar-refractivity contribution in [3.63, 3.8) is 0 Å². The molecule has 7 heteroatoms. The van der Waals surface area contributed by atoms with Crippen LogP contribution in [0.4, 0.5) is 13.2 Å². The van der Waals surface area contributed by atoms with Crippen molar-refractivity contribution in [1.82, 2.24) is 5.01 Å². The standard InChI is InChI=1S/C17H21F3N2O2/c1-15(2,3)16(24)11-13(17(18,19)20)21-22(16)14(23)10-9-12-7-5-4-6-8-12/h4-8,24H,9-11H2,1-3H3/t16-/m0/s1. The van der Waals surface area contributed by atoms with Gasteiger partial charge in [0.1, 0.15) is 5.71 Å². The van der Waals surface area contributed by atoms with Gasteiger partial charge in [0.05, 0.1) is 0 Å². The normalized spacial score (nSPS) is 21.8. The first-order chi connectivity index (χ1) is 10.9. The van der Waals surface area contributed by atoms with Gasteiger partial charge in [-0.2, -0.15) is 18.3 Å². The summed E-state index contributed by atoms with van der Waals surface area (Å²) in [4.78, 5) is 12.4. The molecule has 1 aliphatic heterocycles. The topological polar surface area (TPSA) is 52.9 Å². The highest BCUT2D eigenvalue weighted by atomic mass is 19.4. The molecule has 1 heterocycles. The fraction of sp³-hybridized carbons (Fsp3) is 0.529. The lowest BCUT2D eigenvalue weighted by Gasteiger charge is -2.41. The molecule has 0 aromatic heterocycles. The molecule has 2 rings (SSSR count). The number of amides is 1. The van der Waals surface area contributed by atoms with E-state index in [9.17, 15) is 23.1 Å². The summed E-state index contributed by atoms with van der Waals surface area (Å²) in [7, 11) is 0. The molecule has 4 nitrogen and oxygen atoms in total. The van der Waals surface area contributed by atoms with Crippen LogP contribution in [-0.2, 0) is 11.2 Å². The SMILES string of the molecule is CC(C)(C)[C@@]1(O)CC(C(F)(F)F)=NN1C(=O)CCc1ccccc1. The summed E-state index contributed by atoms with van der Waals surface area (Å²) >= 11 is 0. The quantitative estimate of drug-likeness (QED) is 0.914.